The maximum Gasteiger partial charge on any atom is 0.295 e. The molecular formula is C28H32N2O5. The van der Waals surface area contributed by atoms with Gasteiger partial charge in [0.25, 0.3) is 5.91 Å². The number of fused-ring (bicyclic) bond motifs is 1. The first kappa shape index (κ1) is 24.5. The van der Waals surface area contributed by atoms with Gasteiger partial charge in [0.2, 0.25) is 5.78 Å². The summed E-state index contributed by atoms with van der Waals surface area (Å²) in [6, 6.07) is 11.7. The first-order chi connectivity index (χ1) is 16.8. The number of amides is 1. The summed E-state index contributed by atoms with van der Waals surface area (Å²) in [4.78, 5) is 29.1. The van der Waals surface area contributed by atoms with Crippen LogP contribution in [0.1, 0.15) is 36.1 Å². The summed E-state index contributed by atoms with van der Waals surface area (Å²) in [7, 11) is 4.07. The van der Waals surface area contributed by atoms with Gasteiger partial charge in [0.1, 0.15) is 24.2 Å². The van der Waals surface area contributed by atoms with E-state index in [2.05, 4.69) is 6.58 Å². The number of hydrogen-bond acceptors (Lipinski definition) is 5. The van der Waals surface area contributed by atoms with Crippen molar-refractivity contribution in [1.29, 1.82) is 0 Å². The van der Waals surface area contributed by atoms with Gasteiger partial charge in [-0.15, -0.1) is 0 Å². The molecule has 0 spiro atoms. The molecule has 4 rings (SSSR count). The average molecular weight is 477 g/mol. The van der Waals surface area contributed by atoms with E-state index in [0.717, 1.165) is 17.9 Å². The van der Waals surface area contributed by atoms with Gasteiger partial charge >= 0.3 is 0 Å². The Labute approximate surface area is 206 Å². The van der Waals surface area contributed by atoms with Crippen molar-refractivity contribution in [3.8, 4) is 11.5 Å². The summed E-state index contributed by atoms with van der Waals surface area (Å²) >= 11 is 0. The predicted molar refractivity (Wildman–Crippen MR) is 131 cm³/mol. The molecule has 2 unspecified atom stereocenters. The van der Waals surface area contributed by atoms with E-state index in [0.29, 0.717) is 42.9 Å². The van der Waals surface area contributed by atoms with Crippen molar-refractivity contribution in [3.63, 3.8) is 0 Å². The van der Waals surface area contributed by atoms with Crippen molar-refractivity contribution in [1.82, 2.24) is 4.90 Å². The number of carbonyl (C=O) groups excluding carboxylic acids is 2. The standard InChI is InChI=1S/C28H32N2O5/c1-5-14-34-22-9-6-8-19(17-22)25-24(27(32)28(33)30(25)13-7-12-29(3)4)26(31)20-10-11-23-21(16-20)15-18(2)35-23/h5-6,8-11,16-18,25,31H,1,7,12-15H2,2-4H3. The molecule has 1 amide bonds. The van der Waals surface area contributed by atoms with Crippen LogP contribution in [0.4, 0.5) is 0 Å². The molecule has 7 heteroatoms. The van der Waals surface area contributed by atoms with Gasteiger partial charge < -0.3 is 24.4 Å². The van der Waals surface area contributed by atoms with E-state index >= 15 is 0 Å². The van der Waals surface area contributed by atoms with Gasteiger partial charge in [0, 0.05) is 25.0 Å². The summed E-state index contributed by atoms with van der Waals surface area (Å²) in [6.45, 7) is 7.18. The third-order valence-corrected chi connectivity index (χ3v) is 6.31. The van der Waals surface area contributed by atoms with E-state index in [1.807, 2.05) is 27.1 Å². The molecule has 2 atom stereocenters. The lowest BCUT2D eigenvalue weighted by molar-refractivity contribution is -0.858. The average Bonchev–Trinajstić information content (AvgIpc) is 3.33. The number of carbonyl (C=O) groups is 2. The summed E-state index contributed by atoms with van der Waals surface area (Å²) in [5, 5.41) is 13.7. The van der Waals surface area contributed by atoms with Gasteiger partial charge in [-0.1, -0.05) is 36.6 Å². The Morgan fingerprint density at radius 1 is 1.26 bits per heavy atom. The van der Waals surface area contributed by atoms with Crippen LogP contribution < -0.4 is 19.5 Å². The van der Waals surface area contributed by atoms with Crippen molar-refractivity contribution in [2.45, 2.75) is 31.9 Å². The smallest absolute Gasteiger partial charge is 0.295 e. The maximum atomic E-state index is 13.7. The molecule has 7 nitrogen and oxygen atoms in total. The minimum Gasteiger partial charge on any atom is -0.872 e. The summed E-state index contributed by atoms with van der Waals surface area (Å²) < 4.78 is 11.4. The van der Waals surface area contributed by atoms with Crippen LogP contribution in [0.5, 0.6) is 11.5 Å². The van der Waals surface area contributed by atoms with E-state index in [1.165, 1.54) is 9.80 Å². The van der Waals surface area contributed by atoms with Crippen molar-refractivity contribution in [2.24, 2.45) is 0 Å². The quantitative estimate of drug-likeness (QED) is 0.256. The van der Waals surface area contributed by atoms with Crippen LogP contribution in [0.25, 0.3) is 5.76 Å². The van der Waals surface area contributed by atoms with E-state index in [1.54, 1.807) is 42.5 Å². The van der Waals surface area contributed by atoms with E-state index in [9.17, 15) is 14.7 Å². The van der Waals surface area contributed by atoms with Gasteiger partial charge in [-0.05, 0) is 47.9 Å². The highest BCUT2D eigenvalue weighted by atomic mass is 16.5. The first-order valence-corrected chi connectivity index (χ1v) is 12.0. The van der Waals surface area contributed by atoms with Crippen LogP contribution in [0, 0.1) is 0 Å². The lowest BCUT2D eigenvalue weighted by atomic mass is 9.94. The fraction of sp³-hybridized carbons (Fsp3) is 0.357. The van der Waals surface area contributed by atoms with Gasteiger partial charge in [0.15, 0.2) is 0 Å². The molecule has 1 N–H and O–H groups in total. The Balaban J connectivity index is 1.78. The third-order valence-electron chi connectivity index (χ3n) is 6.31. The number of benzene rings is 2. The predicted octanol–water partition coefficient (Wildman–Crippen LogP) is 1.33. The van der Waals surface area contributed by atoms with Gasteiger partial charge in [-0.25, -0.2) is 0 Å². The van der Waals surface area contributed by atoms with Crippen LogP contribution in [0.15, 0.2) is 60.7 Å². The SMILES string of the molecule is C=CCOc1cccc(C2C(=C([O-])c3ccc4c(c3)CC(C)O4)C(=O)C(=O)N2CCC[NH+](C)C)c1. The number of quaternary nitrogens is 1. The zero-order valence-corrected chi connectivity index (χ0v) is 20.5. The summed E-state index contributed by atoms with van der Waals surface area (Å²) in [5.74, 6) is -0.456. The molecule has 2 aliphatic rings. The molecule has 2 heterocycles. The Bertz CT molecular complexity index is 1170. The molecule has 2 aromatic rings. The Morgan fingerprint density at radius 2 is 2.06 bits per heavy atom. The minimum atomic E-state index is -0.768. The van der Waals surface area contributed by atoms with Gasteiger partial charge in [0.05, 0.1) is 26.7 Å². The first-order valence-electron chi connectivity index (χ1n) is 12.0. The molecular weight excluding hydrogens is 444 g/mol. The fourth-order valence-corrected chi connectivity index (χ4v) is 4.70. The number of ketones is 1. The van der Waals surface area contributed by atoms with Crippen LogP contribution in [-0.2, 0) is 16.0 Å². The molecule has 2 aromatic carbocycles. The van der Waals surface area contributed by atoms with Crippen molar-refractivity contribution in [2.75, 3.05) is 33.8 Å². The fourth-order valence-electron chi connectivity index (χ4n) is 4.70. The molecule has 1 saturated heterocycles. The Kier molecular flexibility index (Phi) is 7.26. The van der Waals surface area contributed by atoms with E-state index < -0.39 is 23.5 Å². The molecule has 184 valence electrons. The van der Waals surface area contributed by atoms with Crippen molar-refractivity contribution >= 4 is 17.4 Å². The van der Waals surface area contributed by atoms with E-state index in [4.69, 9.17) is 9.47 Å². The lowest BCUT2D eigenvalue weighted by Gasteiger charge is -2.28. The minimum absolute atomic E-state index is 0.0139. The Morgan fingerprint density at radius 3 is 2.80 bits per heavy atom. The number of ether oxygens (including phenoxy) is 2. The molecule has 2 aliphatic heterocycles. The molecule has 0 aliphatic carbocycles. The molecule has 0 radical (unpaired) electrons. The number of nitrogens with one attached hydrogen (secondary N) is 1. The normalized spacial score (nSPS) is 20.7. The zero-order chi connectivity index (χ0) is 25.1. The summed E-state index contributed by atoms with van der Waals surface area (Å²) in [6.07, 6.45) is 3.09. The third kappa shape index (κ3) is 5.10. The number of hydrogen-bond donors (Lipinski definition) is 1. The zero-order valence-electron chi connectivity index (χ0n) is 20.5. The van der Waals surface area contributed by atoms with Crippen molar-refractivity contribution < 1.29 is 29.1 Å². The van der Waals surface area contributed by atoms with Crippen molar-refractivity contribution in [3.05, 3.63) is 77.4 Å². The topological polar surface area (TPSA) is 83.3 Å². The molecule has 35 heavy (non-hydrogen) atoms. The second-order valence-electron chi connectivity index (χ2n) is 9.41. The highest BCUT2D eigenvalue weighted by molar-refractivity contribution is 6.46. The van der Waals surface area contributed by atoms with Crippen LogP contribution >= 0.6 is 0 Å². The molecule has 1 fully saturated rings. The molecule has 0 aromatic heterocycles. The van der Waals surface area contributed by atoms with Gasteiger partial charge in [-0.3, -0.25) is 9.59 Å². The number of Topliss-reactive ketones (excluding diaryl/α,β-unsaturated/α-hetero) is 1. The number of likely N-dealkylation sites (tertiary alicyclic amines) is 1. The van der Waals surface area contributed by atoms with Gasteiger partial charge in [-0.2, -0.15) is 0 Å². The second kappa shape index (κ2) is 10.4. The number of nitrogens with zero attached hydrogens (tertiary/aromatic N) is 1. The monoisotopic (exact) mass is 476 g/mol. The number of rotatable bonds is 9. The largest absolute Gasteiger partial charge is 0.872 e. The van der Waals surface area contributed by atoms with Crippen LogP contribution in [-0.4, -0.2) is 56.5 Å². The molecule has 0 bridgehead atoms. The second-order valence-corrected chi connectivity index (χ2v) is 9.41. The Hall–Kier alpha value is -3.58. The van der Waals surface area contributed by atoms with Crippen LogP contribution in [0.2, 0.25) is 0 Å². The highest BCUT2D eigenvalue weighted by Gasteiger charge is 2.44. The lowest BCUT2D eigenvalue weighted by Crippen LogP contribution is -3.05. The maximum absolute atomic E-state index is 13.7. The molecule has 0 saturated carbocycles. The van der Waals surface area contributed by atoms with E-state index in [-0.39, 0.29) is 11.7 Å². The highest BCUT2D eigenvalue weighted by Crippen LogP contribution is 2.40. The summed E-state index contributed by atoms with van der Waals surface area (Å²) in [5.41, 5.74) is 1.98. The van der Waals surface area contributed by atoms with Crippen LogP contribution in [0.3, 0.4) is 0 Å².